The third-order valence-electron chi connectivity index (χ3n) is 4.48. The molecule has 0 saturated heterocycles. The van der Waals surface area contributed by atoms with Crippen molar-refractivity contribution >= 4 is 40.2 Å². The number of nitrogens with zero attached hydrogens (tertiary/aromatic N) is 3. The lowest BCUT2D eigenvalue weighted by molar-refractivity contribution is 0.373. The smallest absolute Gasteiger partial charge is 0.232 e. The second-order valence-electron chi connectivity index (χ2n) is 6.39. The minimum absolute atomic E-state index is 0.203. The van der Waals surface area contributed by atoms with Gasteiger partial charge in [0.2, 0.25) is 11.9 Å². The van der Waals surface area contributed by atoms with Crippen molar-refractivity contribution in [2.45, 2.75) is 36.5 Å². The van der Waals surface area contributed by atoms with Gasteiger partial charge in [0.1, 0.15) is 5.82 Å². The van der Waals surface area contributed by atoms with Crippen molar-refractivity contribution < 1.29 is 9.13 Å². The molecule has 1 saturated carbocycles. The second kappa shape index (κ2) is 9.29. The zero-order chi connectivity index (χ0) is 18.4. The number of hydrogen-bond acceptors (Lipinski definition) is 6. The molecule has 6 nitrogen and oxygen atoms in total. The topological polar surface area (TPSA) is 72.0 Å². The summed E-state index contributed by atoms with van der Waals surface area (Å²) in [7, 11) is 1.44. The monoisotopic (exact) mass is 471 g/mol. The first-order valence-electron chi connectivity index (χ1n) is 8.83. The van der Waals surface area contributed by atoms with E-state index in [-0.39, 0.29) is 5.75 Å². The predicted molar refractivity (Wildman–Crippen MR) is 109 cm³/mol. The molecule has 0 radical (unpaired) electrons. The van der Waals surface area contributed by atoms with E-state index in [0.29, 0.717) is 33.8 Å². The largest absolute Gasteiger partial charge is 0.494 e. The van der Waals surface area contributed by atoms with Crippen LogP contribution in [0.5, 0.6) is 5.75 Å². The van der Waals surface area contributed by atoms with Gasteiger partial charge in [0.25, 0.3) is 0 Å². The Morgan fingerprint density at radius 2 is 1.92 bits per heavy atom. The summed E-state index contributed by atoms with van der Waals surface area (Å²) in [5, 5.41) is 6.39. The van der Waals surface area contributed by atoms with E-state index < -0.39 is 5.82 Å². The van der Waals surface area contributed by atoms with Crippen molar-refractivity contribution in [1.82, 2.24) is 15.0 Å². The Kier molecular flexibility index (Phi) is 6.81. The van der Waals surface area contributed by atoms with Crippen molar-refractivity contribution in [1.29, 1.82) is 0 Å². The molecule has 0 unspecified atom stereocenters. The number of methoxy groups -OCH3 is 1. The van der Waals surface area contributed by atoms with Crippen LogP contribution < -0.4 is 15.4 Å². The molecule has 1 fully saturated rings. The van der Waals surface area contributed by atoms with E-state index in [9.17, 15) is 4.39 Å². The molecule has 0 spiro atoms. The van der Waals surface area contributed by atoms with Crippen LogP contribution in [0.25, 0.3) is 0 Å². The van der Waals surface area contributed by atoms with E-state index in [1.165, 1.54) is 45.3 Å². The number of alkyl halides is 1. The summed E-state index contributed by atoms with van der Waals surface area (Å²) in [6.45, 7) is 0.876. The molecule has 1 aliphatic carbocycles. The quantitative estimate of drug-likeness (QED) is 0.451. The van der Waals surface area contributed by atoms with Crippen LogP contribution in [0.15, 0.2) is 18.2 Å². The normalized spacial score (nSPS) is 14.9. The maximum atomic E-state index is 13.9. The zero-order valence-electron chi connectivity index (χ0n) is 14.8. The van der Waals surface area contributed by atoms with Crippen LogP contribution >= 0.6 is 22.6 Å². The number of benzene rings is 1. The van der Waals surface area contributed by atoms with E-state index in [1.54, 1.807) is 12.1 Å². The maximum absolute atomic E-state index is 13.9. The van der Waals surface area contributed by atoms with Crippen molar-refractivity contribution in [2.24, 2.45) is 5.92 Å². The molecule has 1 heterocycles. The van der Waals surface area contributed by atoms with Gasteiger partial charge in [-0.05, 0) is 30.9 Å². The summed E-state index contributed by atoms with van der Waals surface area (Å²) in [6.07, 6.45) is 6.46. The van der Waals surface area contributed by atoms with Crippen LogP contribution in [0.3, 0.4) is 0 Å². The first-order chi connectivity index (χ1) is 12.7. The molecule has 0 aliphatic heterocycles. The van der Waals surface area contributed by atoms with Crippen molar-refractivity contribution in [3.8, 4) is 5.75 Å². The molecule has 2 aromatic rings. The average molecular weight is 471 g/mol. The molecule has 1 aromatic heterocycles. The number of aromatic nitrogens is 3. The fraction of sp³-hybridized carbons (Fsp3) is 0.500. The third-order valence-corrected chi connectivity index (χ3v) is 5.17. The van der Waals surface area contributed by atoms with Gasteiger partial charge in [-0.25, -0.2) is 4.39 Å². The van der Waals surface area contributed by atoms with Crippen molar-refractivity contribution in [3.63, 3.8) is 0 Å². The first kappa shape index (κ1) is 19.1. The van der Waals surface area contributed by atoms with E-state index in [2.05, 4.69) is 48.2 Å². The molecule has 2 N–H and O–H groups in total. The molecule has 0 amide bonds. The van der Waals surface area contributed by atoms with Crippen LogP contribution in [0.1, 0.15) is 37.9 Å². The van der Waals surface area contributed by atoms with E-state index in [4.69, 9.17) is 4.74 Å². The molecule has 3 rings (SSSR count). The SMILES string of the molecule is COc1ccc(Nc2nc(CI)nc(NCC3CCCCC3)n2)cc1F. The highest BCUT2D eigenvalue weighted by molar-refractivity contribution is 14.1. The summed E-state index contributed by atoms with van der Waals surface area (Å²) in [4.78, 5) is 13.3. The van der Waals surface area contributed by atoms with Gasteiger partial charge in [0, 0.05) is 18.3 Å². The zero-order valence-corrected chi connectivity index (χ0v) is 16.9. The summed E-state index contributed by atoms with van der Waals surface area (Å²) in [5.74, 6) is 2.10. The van der Waals surface area contributed by atoms with Gasteiger partial charge in [-0.15, -0.1) is 0 Å². The minimum Gasteiger partial charge on any atom is -0.494 e. The fourth-order valence-electron chi connectivity index (χ4n) is 3.11. The van der Waals surface area contributed by atoms with Gasteiger partial charge < -0.3 is 15.4 Å². The van der Waals surface area contributed by atoms with E-state index in [1.807, 2.05) is 0 Å². The number of hydrogen-bond donors (Lipinski definition) is 2. The van der Waals surface area contributed by atoms with Crippen LogP contribution in [-0.4, -0.2) is 28.6 Å². The molecule has 0 bridgehead atoms. The maximum Gasteiger partial charge on any atom is 0.232 e. The van der Waals surface area contributed by atoms with Gasteiger partial charge in [-0.1, -0.05) is 41.9 Å². The van der Waals surface area contributed by atoms with Gasteiger partial charge in [0.15, 0.2) is 11.6 Å². The Labute approximate surface area is 166 Å². The van der Waals surface area contributed by atoms with Crippen LogP contribution in [0.2, 0.25) is 0 Å². The molecule has 26 heavy (non-hydrogen) atoms. The van der Waals surface area contributed by atoms with Crippen LogP contribution in [0.4, 0.5) is 22.0 Å². The van der Waals surface area contributed by atoms with Gasteiger partial charge in [-0.2, -0.15) is 15.0 Å². The highest BCUT2D eigenvalue weighted by atomic mass is 127. The highest BCUT2D eigenvalue weighted by Crippen LogP contribution is 2.25. The number of ether oxygens (including phenoxy) is 1. The number of rotatable bonds is 7. The Bertz CT molecular complexity index is 740. The Morgan fingerprint density at radius 3 is 2.62 bits per heavy atom. The molecular formula is C18H23FIN5O. The summed E-state index contributed by atoms with van der Waals surface area (Å²) in [5.41, 5.74) is 0.562. The predicted octanol–water partition coefficient (Wildman–Crippen LogP) is 4.69. The first-order valence-corrected chi connectivity index (χ1v) is 10.4. The third kappa shape index (κ3) is 5.15. The Balaban J connectivity index is 1.71. The summed E-state index contributed by atoms with van der Waals surface area (Å²) >= 11 is 2.22. The highest BCUT2D eigenvalue weighted by Gasteiger charge is 2.14. The van der Waals surface area contributed by atoms with Crippen LogP contribution in [0, 0.1) is 11.7 Å². The molecule has 1 aromatic carbocycles. The van der Waals surface area contributed by atoms with Crippen molar-refractivity contribution in [3.05, 3.63) is 29.8 Å². The summed E-state index contributed by atoms with van der Waals surface area (Å²) < 4.78 is 19.5. The average Bonchev–Trinajstić information content (AvgIpc) is 2.67. The van der Waals surface area contributed by atoms with E-state index >= 15 is 0 Å². The molecule has 8 heteroatoms. The minimum atomic E-state index is -0.434. The molecule has 140 valence electrons. The number of halogens is 2. The number of nitrogens with one attached hydrogen (secondary N) is 2. The van der Waals surface area contributed by atoms with Gasteiger partial charge >= 0.3 is 0 Å². The van der Waals surface area contributed by atoms with Gasteiger partial charge in [0.05, 0.1) is 11.5 Å². The van der Waals surface area contributed by atoms with Gasteiger partial charge in [-0.3, -0.25) is 0 Å². The molecule has 1 aliphatic rings. The lowest BCUT2D eigenvalue weighted by Gasteiger charge is -2.21. The fourth-order valence-corrected chi connectivity index (χ4v) is 3.46. The van der Waals surface area contributed by atoms with Crippen LogP contribution in [-0.2, 0) is 4.43 Å². The summed E-state index contributed by atoms with van der Waals surface area (Å²) in [6, 6.07) is 4.66. The lowest BCUT2D eigenvalue weighted by Crippen LogP contribution is -2.19. The van der Waals surface area contributed by atoms with Crippen molar-refractivity contribution in [2.75, 3.05) is 24.3 Å². The standard InChI is InChI=1S/C18H23FIN5O/c1-26-15-8-7-13(9-14(15)19)22-18-24-16(10-20)23-17(25-18)21-11-12-5-3-2-4-6-12/h7-9,12H,2-6,10-11H2,1H3,(H2,21,22,23,24,25). The molecule has 0 atom stereocenters. The second-order valence-corrected chi connectivity index (χ2v) is 7.15. The molecular weight excluding hydrogens is 448 g/mol. The Hall–Kier alpha value is -1.71. The lowest BCUT2D eigenvalue weighted by atomic mass is 9.89. The number of anilines is 3. The van der Waals surface area contributed by atoms with E-state index in [0.717, 1.165) is 6.54 Å². The Morgan fingerprint density at radius 1 is 1.15 bits per heavy atom.